The molecule has 7 heteroatoms. The molecule has 7 nitrogen and oxygen atoms in total. The third kappa shape index (κ3) is 3.50. The van der Waals surface area contributed by atoms with Gasteiger partial charge in [-0.3, -0.25) is 5.41 Å². The maximum Gasteiger partial charge on any atom is 0.228 e. The largest absolute Gasteiger partial charge is 0.493 e. The molecule has 0 radical (unpaired) electrons. The second-order valence-corrected chi connectivity index (χ2v) is 7.94. The topological polar surface area (TPSA) is 89.6 Å². The van der Waals surface area contributed by atoms with E-state index >= 15 is 0 Å². The van der Waals surface area contributed by atoms with Crippen LogP contribution >= 0.6 is 0 Å². The van der Waals surface area contributed by atoms with Gasteiger partial charge in [0.2, 0.25) is 5.88 Å². The first-order chi connectivity index (χ1) is 16.2. The zero-order valence-electron chi connectivity index (χ0n) is 18.5. The van der Waals surface area contributed by atoms with Gasteiger partial charge in [0, 0.05) is 30.0 Å². The number of ether oxygens (including phenoxy) is 3. The van der Waals surface area contributed by atoms with Crippen LogP contribution in [-0.4, -0.2) is 35.5 Å². The minimum atomic E-state index is -0.283. The van der Waals surface area contributed by atoms with E-state index in [0.717, 1.165) is 27.6 Å². The molecular weight excluding hydrogens is 418 g/mol. The molecule has 0 bridgehead atoms. The van der Waals surface area contributed by atoms with E-state index in [-0.39, 0.29) is 12.5 Å². The lowest BCUT2D eigenvalue weighted by Crippen LogP contribution is -2.30. The van der Waals surface area contributed by atoms with E-state index in [1.807, 2.05) is 36.4 Å². The quantitative estimate of drug-likeness (QED) is 0.411. The van der Waals surface area contributed by atoms with E-state index in [1.54, 1.807) is 25.1 Å². The number of hydrogen-bond acceptors (Lipinski definition) is 6. The van der Waals surface area contributed by atoms with Crippen LogP contribution in [0.2, 0.25) is 0 Å². The second kappa shape index (κ2) is 8.60. The first-order valence-electron chi connectivity index (χ1n) is 10.8. The predicted molar refractivity (Wildman–Crippen MR) is 124 cm³/mol. The molecular formula is C26H25N3O4. The number of methoxy groups -OCH3 is 2. The minimum absolute atomic E-state index is 0.0496. The summed E-state index contributed by atoms with van der Waals surface area (Å²) in [7, 11) is 3.22. The fourth-order valence-electron chi connectivity index (χ4n) is 4.49. The van der Waals surface area contributed by atoms with E-state index < -0.39 is 0 Å². The molecule has 0 saturated carbocycles. The van der Waals surface area contributed by atoms with Gasteiger partial charge in [0.25, 0.3) is 0 Å². The summed E-state index contributed by atoms with van der Waals surface area (Å²) in [5, 5.41) is 20.3. The lowest BCUT2D eigenvalue weighted by Gasteiger charge is -2.29. The molecule has 0 amide bonds. The molecule has 0 aliphatic carbocycles. The van der Waals surface area contributed by atoms with Crippen LogP contribution in [-0.2, 0) is 6.54 Å². The molecule has 0 unspecified atom stereocenters. The van der Waals surface area contributed by atoms with Crippen LogP contribution in [0.3, 0.4) is 0 Å². The molecule has 0 spiro atoms. The summed E-state index contributed by atoms with van der Waals surface area (Å²) in [6.45, 7) is 0.548. The molecule has 2 heterocycles. The maximum absolute atomic E-state index is 9.28. The third-order valence-corrected chi connectivity index (χ3v) is 6.09. The number of hydrogen-bond donors (Lipinski definition) is 2. The van der Waals surface area contributed by atoms with Crippen molar-refractivity contribution in [2.45, 2.75) is 18.9 Å². The molecule has 0 saturated heterocycles. The van der Waals surface area contributed by atoms with Crippen LogP contribution < -0.4 is 19.7 Å². The first kappa shape index (κ1) is 21.0. The Morgan fingerprint density at radius 2 is 1.88 bits per heavy atom. The van der Waals surface area contributed by atoms with E-state index in [1.165, 1.54) is 0 Å². The Hall–Kier alpha value is -3.84. The summed E-state index contributed by atoms with van der Waals surface area (Å²) in [4.78, 5) is 4.57. The Labute approximate surface area is 191 Å². The molecule has 4 aromatic rings. The summed E-state index contributed by atoms with van der Waals surface area (Å²) in [6, 6.07) is 18.0. The molecule has 1 aromatic heterocycles. The molecule has 1 aliphatic rings. The Morgan fingerprint density at radius 1 is 1.06 bits per heavy atom. The van der Waals surface area contributed by atoms with Crippen LogP contribution in [0.4, 0.5) is 0 Å². The van der Waals surface area contributed by atoms with Gasteiger partial charge in [-0.15, -0.1) is 0 Å². The number of benzene rings is 3. The molecule has 2 N–H and O–H groups in total. The first-order valence-corrected chi connectivity index (χ1v) is 10.8. The highest BCUT2D eigenvalue weighted by Crippen LogP contribution is 2.48. The third-order valence-electron chi connectivity index (χ3n) is 6.09. The van der Waals surface area contributed by atoms with Crippen LogP contribution in [0.1, 0.15) is 29.0 Å². The Morgan fingerprint density at radius 3 is 2.67 bits per heavy atom. The minimum Gasteiger partial charge on any atom is -0.493 e. The predicted octanol–water partition coefficient (Wildman–Crippen LogP) is 4.20. The number of aliphatic hydroxyl groups is 1. The summed E-state index contributed by atoms with van der Waals surface area (Å²) in [6.07, 6.45) is 2.15. The van der Waals surface area contributed by atoms with E-state index in [2.05, 4.69) is 23.2 Å². The average Bonchev–Trinajstić information content (AvgIpc) is 2.86. The molecule has 33 heavy (non-hydrogen) atoms. The van der Waals surface area contributed by atoms with Gasteiger partial charge in [0.05, 0.1) is 19.8 Å². The van der Waals surface area contributed by atoms with Crippen molar-refractivity contribution in [3.8, 4) is 23.1 Å². The Balaban J connectivity index is 1.78. The summed E-state index contributed by atoms with van der Waals surface area (Å²) in [5.74, 6) is 2.15. The van der Waals surface area contributed by atoms with Gasteiger partial charge in [-0.2, -0.15) is 0 Å². The van der Waals surface area contributed by atoms with Gasteiger partial charge in [-0.05, 0) is 29.5 Å². The standard InChI is InChI=1S/C26H25N3O4/c1-31-20-11-9-17(14-21(20)32-2)22-19-10-8-16-6-3-4-7-18(16)24(19)33-26-23(22)25(27)29(15-28-26)12-5-13-30/h3-4,6-11,14-15,22,27,30H,5,12-13H2,1-2H3/t22-/m1/s1. The smallest absolute Gasteiger partial charge is 0.228 e. The van der Waals surface area contributed by atoms with Crippen LogP contribution in [0.15, 0.2) is 60.9 Å². The molecule has 3 aromatic carbocycles. The van der Waals surface area contributed by atoms with Crippen LogP contribution in [0.5, 0.6) is 23.1 Å². The van der Waals surface area contributed by atoms with Crippen molar-refractivity contribution in [3.05, 3.63) is 83.1 Å². The molecule has 5 rings (SSSR count). The second-order valence-electron chi connectivity index (χ2n) is 7.94. The fourth-order valence-corrected chi connectivity index (χ4v) is 4.49. The van der Waals surface area contributed by atoms with Crippen molar-refractivity contribution in [3.63, 3.8) is 0 Å². The highest BCUT2D eigenvalue weighted by molar-refractivity contribution is 5.91. The van der Waals surface area contributed by atoms with Crippen molar-refractivity contribution in [1.82, 2.24) is 9.55 Å². The summed E-state index contributed by atoms with van der Waals surface area (Å²) >= 11 is 0. The lowest BCUT2D eigenvalue weighted by atomic mass is 9.82. The van der Waals surface area contributed by atoms with Gasteiger partial charge in [0.15, 0.2) is 11.5 Å². The van der Waals surface area contributed by atoms with Crippen molar-refractivity contribution in [2.75, 3.05) is 20.8 Å². The Bertz CT molecular complexity index is 1400. The van der Waals surface area contributed by atoms with Crippen molar-refractivity contribution in [2.24, 2.45) is 0 Å². The number of rotatable bonds is 6. The van der Waals surface area contributed by atoms with Gasteiger partial charge in [-0.25, -0.2) is 4.98 Å². The van der Waals surface area contributed by atoms with Crippen molar-refractivity contribution in [1.29, 1.82) is 5.41 Å². The van der Waals surface area contributed by atoms with E-state index in [4.69, 9.17) is 19.6 Å². The number of aryl methyl sites for hydroxylation is 1. The van der Waals surface area contributed by atoms with Gasteiger partial charge >= 0.3 is 0 Å². The van der Waals surface area contributed by atoms with Crippen molar-refractivity contribution >= 4 is 10.8 Å². The van der Waals surface area contributed by atoms with Gasteiger partial charge in [-0.1, -0.05) is 42.5 Å². The van der Waals surface area contributed by atoms with Crippen molar-refractivity contribution < 1.29 is 19.3 Å². The zero-order chi connectivity index (χ0) is 22.9. The van der Waals surface area contributed by atoms with Gasteiger partial charge in [0.1, 0.15) is 17.6 Å². The van der Waals surface area contributed by atoms with Crippen LogP contribution in [0.25, 0.3) is 10.8 Å². The molecule has 1 atom stereocenters. The maximum atomic E-state index is 9.28. The fraction of sp³-hybridized carbons (Fsp3) is 0.231. The monoisotopic (exact) mass is 443 g/mol. The zero-order valence-corrected chi connectivity index (χ0v) is 18.5. The SMILES string of the molecule is COc1ccc([C@@H]2c3ccc4ccccc4c3Oc3ncn(CCCO)c(=N)c32)cc1OC. The molecule has 168 valence electrons. The molecule has 0 fully saturated rings. The highest BCUT2D eigenvalue weighted by atomic mass is 16.5. The van der Waals surface area contributed by atoms with E-state index in [0.29, 0.717) is 41.4 Å². The average molecular weight is 444 g/mol. The normalized spacial score (nSPS) is 14.3. The Kier molecular flexibility index (Phi) is 5.48. The molecule has 1 aliphatic heterocycles. The summed E-state index contributed by atoms with van der Waals surface area (Å²) in [5.41, 5.74) is 2.91. The highest BCUT2D eigenvalue weighted by Gasteiger charge is 2.33. The van der Waals surface area contributed by atoms with Gasteiger partial charge < -0.3 is 23.9 Å². The number of aliphatic hydroxyl groups excluding tert-OH is 1. The number of fused-ring (bicyclic) bond motifs is 4. The van der Waals surface area contributed by atoms with E-state index in [9.17, 15) is 5.11 Å². The summed E-state index contributed by atoms with van der Waals surface area (Å²) < 4.78 is 19.1. The lowest BCUT2D eigenvalue weighted by molar-refractivity contribution is 0.278. The van der Waals surface area contributed by atoms with Crippen LogP contribution in [0, 0.1) is 5.41 Å². The number of nitrogens with zero attached hydrogens (tertiary/aromatic N) is 2. The number of nitrogens with one attached hydrogen (secondary N) is 1. The number of aromatic nitrogens is 2.